The second-order valence-electron chi connectivity index (χ2n) is 4.68. The number of carbonyl (C=O) groups is 2. The molecule has 1 rings (SSSR count). The van der Waals surface area contributed by atoms with Gasteiger partial charge in [-0.25, -0.2) is 9.48 Å². The maximum absolute atomic E-state index is 11.8. The first-order valence-corrected chi connectivity index (χ1v) is 6.13. The third-order valence-electron chi connectivity index (χ3n) is 2.53. The fourth-order valence-electron chi connectivity index (χ4n) is 1.39. The highest BCUT2D eigenvalue weighted by Crippen LogP contribution is 1.94. The number of nitrogens with one attached hydrogen (secondary N) is 1. The summed E-state index contributed by atoms with van der Waals surface area (Å²) >= 11 is 0. The van der Waals surface area contributed by atoms with Crippen molar-refractivity contribution in [3.05, 3.63) is 11.9 Å². The molecular weight excluding hydrogens is 264 g/mol. The number of carboxylic acid groups (broad SMARTS) is 1. The largest absolute Gasteiger partial charge is 0.480 e. The lowest BCUT2D eigenvalue weighted by Gasteiger charge is -2.19. The van der Waals surface area contributed by atoms with E-state index in [1.165, 1.54) is 10.9 Å². The number of amides is 2. The molecule has 9 heteroatoms. The van der Waals surface area contributed by atoms with Crippen molar-refractivity contribution in [3.63, 3.8) is 0 Å². The molecule has 0 saturated heterocycles. The molecule has 2 N–H and O–H groups in total. The molecule has 0 aliphatic heterocycles. The van der Waals surface area contributed by atoms with E-state index < -0.39 is 5.97 Å². The van der Waals surface area contributed by atoms with E-state index in [0.29, 0.717) is 12.2 Å². The maximum atomic E-state index is 11.8. The minimum Gasteiger partial charge on any atom is -0.480 e. The number of carbonyl (C=O) groups excluding carboxylic acids is 1. The Morgan fingerprint density at radius 3 is 2.65 bits per heavy atom. The van der Waals surface area contributed by atoms with E-state index in [1.54, 1.807) is 11.9 Å². The minimum absolute atomic E-state index is 0.209. The van der Waals surface area contributed by atoms with Gasteiger partial charge in [0.25, 0.3) is 0 Å². The van der Waals surface area contributed by atoms with Crippen LogP contribution in [-0.2, 0) is 17.9 Å². The SMILES string of the molecule is CN(C)CCN(C)C(=O)NCc1cn(CC(=O)O)nn1. The summed E-state index contributed by atoms with van der Waals surface area (Å²) in [6.45, 7) is 1.36. The highest BCUT2D eigenvalue weighted by Gasteiger charge is 2.10. The molecule has 0 atom stereocenters. The molecule has 0 spiro atoms. The summed E-state index contributed by atoms with van der Waals surface area (Å²) in [4.78, 5) is 25.8. The van der Waals surface area contributed by atoms with Crippen LogP contribution in [0, 0.1) is 0 Å². The predicted octanol–water partition coefficient (Wildman–Crippen LogP) is -0.934. The molecule has 20 heavy (non-hydrogen) atoms. The first-order valence-electron chi connectivity index (χ1n) is 6.13. The Hall–Kier alpha value is -2.16. The molecule has 0 aliphatic carbocycles. The molecule has 1 aromatic heterocycles. The number of nitrogens with zero attached hydrogens (tertiary/aromatic N) is 5. The normalized spacial score (nSPS) is 10.6. The van der Waals surface area contributed by atoms with Crippen LogP contribution in [0.1, 0.15) is 5.69 Å². The van der Waals surface area contributed by atoms with E-state index in [0.717, 1.165) is 6.54 Å². The molecule has 0 aromatic carbocycles. The fourth-order valence-corrected chi connectivity index (χ4v) is 1.39. The number of rotatable bonds is 7. The predicted molar refractivity (Wildman–Crippen MR) is 71.1 cm³/mol. The van der Waals surface area contributed by atoms with Crippen molar-refractivity contribution in [1.29, 1.82) is 0 Å². The third kappa shape index (κ3) is 5.65. The zero-order chi connectivity index (χ0) is 15.1. The topological polar surface area (TPSA) is 104 Å². The van der Waals surface area contributed by atoms with Crippen molar-refractivity contribution in [1.82, 2.24) is 30.1 Å². The highest BCUT2D eigenvalue weighted by molar-refractivity contribution is 5.73. The van der Waals surface area contributed by atoms with E-state index in [2.05, 4.69) is 15.6 Å². The summed E-state index contributed by atoms with van der Waals surface area (Å²) in [6.07, 6.45) is 1.49. The number of aliphatic carboxylic acids is 1. The van der Waals surface area contributed by atoms with Crippen LogP contribution in [0.4, 0.5) is 4.79 Å². The van der Waals surface area contributed by atoms with Gasteiger partial charge in [-0.2, -0.15) is 0 Å². The smallest absolute Gasteiger partial charge is 0.325 e. The van der Waals surface area contributed by atoms with Gasteiger partial charge in [0.05, 0.1) is 12.7 Å². The van der Waals surface area contributed by atoms with Crippen LogP contribution in [0.15, 0.2) is 6.20 Å². The van der Waals surface area contributed by atoms with E-state index in [4.69, 9.17) is 5.11 Å². The van der Waals surface area contributed by atoms with Gasteiger partial charge < -0.3 is 20.2 Å². The summed E-state index contributed by atoms with van der Waals surface area (Å²) in [5.74, 6) is -0.992. The third-order valence-corrected chi connectivity index (χ3v) is 2.53. The Kier molecular flexibility index (Phi) is 5.91. The Bertz CT molecular complexity index is 459. The van der Waals surface area contributed by atoms with Crippen LogP contribution in [0.3, 0.4) is 0 Å². The second kappa shape index (κ2) is 7.43. The van der Waals surface area contributed by atoms with Crippen molar-refractivity contribution in [2.45, 2.75) is 13.1 Å². The van der Waals surface area contributed by atoms with Crippen LogP contribution in [-0.4, -0.2) is 76.1 Å². The molecule has 112 valence electrons. The monoisotopic (exact) mass is 284 g/mol. The number of urea groups is 1. The lowest BCUT2D eigenvalue weighted by Crippen LogP contribution is -2.40. The summed E-state index contributed by atoms with van der Waals surface area (Å²) < 4.78 is 1.21. The molecule has 2 amide bonds. The Balaban J connectivity index is 2.36. The standard InChI is InChI=1S/C11H20N6O3/c1-15(2)4-5-16(3)11(20)12-6-9-7-17(14-13-9)8-10(18)19/h7H,4-6,8H2,1-3H3,(H,12,20)(H,18,19). The summed E-state index contributed by atoms with van der Waals surface area (Å²) in [6, 6.07) is -0.209. The van der Waals surface area contributed by atoms with Crippen molar-refractivity contribution >= 4 is 12.0 Å². The molecule has 0 aliphatic rings. The van der Waals surface area contributed by atoms with Crippen LogP contribution in [0.2, 0.25) is 0 Å². The van der Waals surface area contributed by atoms with Gasteiger partial charge in [-0.15, -0.1) is 5.10 Å². The fraction of sp³-hybridized carbons (Fsp3) is 0.636. The van der Waals surface area contributed by atoms with Crippen LogP contribution >= 0.6 is 0 Å². The van der Waals surface area contributed by atoms with Crippen LogP contribution in [0.25, 0.3) is 0 Å². The van der Waals surface area contributed by atoms with Crippen molar-refractivity contribution < 1.29 is 14.7 Å². The van der Waals surface area contributed by atoms with E-state index in [1.807, 2.05) is 19.0 Å². The summed E-state index contributed by atoms with van der Waals surface area (Å²) in [5, 5.41) is 18.7. The van der Waals surface area contributed by atoms with Crippen LogP contribution in [0.5, 0.6) is 0 Å². The van der Waals surface area contributed by atoms with E-state index in [-0.39, 0.29) is 19.1 Å². The highest BCUT2D eigenvalue weighted by atomic mass is 16.4. The number of hydrogen-bond acceptors (Lipinski definition) is 5. The van der Waals surface area contributed by atoms with Crippen molar-refractivity contribution in [2.75, 3.05) is 34.2 Å². The molecule has 1 aromatic rings. The number of carboxylic acids is 1. The average Bonchev–Trinajstić information content (AvgIpc) is 2.79. The Labute approximate surface area is 117 Å². The van der Waals surface area contributed by atoms with Gasteiger partial charge in [-0.05, 0) is 14.1 Å². The molecule has 0 unspecified atom stereocenters. The van der Waals surface area contributed by atoms with Crippen molar-refractivity contribution in [2.24, 2.45) is 0 Å². The number of hydrogen-bond donors (Lipinski definition) is 2. The van der Waals surface area contributed by atoms with Gasteiger partial charge in [0, 0.05) is 20.1 Å². The molecule has 0 radical (unpaired) electrons. The lowest BCUT2D eigenvalue weighted by atomic mass is 10.4. The van der Waals surface area contributed by atoms with E-state index in [9.17, 15) is 9.59 Å². The Morgan fingerprint density at radius 1 is 1.35 bits per heavy atom. The summed E-state index contributed by atoms with van der Waals surface area (Å²) in [7, 11) is 5.58. The zero-order valence-electron chi connectivity index (χ0n) is 11.9. The Morgan fingerprint density at radius 2 is 2.05 bits per heavy atom. The van der Waals surface area contributed by atoms with E-state index >= 15 is 0 Å². The molecule has 0 fully saturated rings. The maximum Gasteiger partial charge on any atom is 0.325 e. The molecule has 0 bridgehead atoms. The number of likely N-dealkylation sites (N-methyl/N-ethyl adjacent to an activating group) is 2. The molecule has 1 heterocycles. The molecular formula is C11H20N6O3. The van der Waals surface area contributed by atoms with Crippen LogP contribution < -0.4 is 5.32 Å². The van der Waals surface area contributed by atoms with Gasteiger partial charge in [-0.1, -0.05) is 5.21 Å². The van der Waals surface area contributed by atoms with Gasteiger partial charge in [-0.3, -0.25) is 4.79 Å². The van der Waals surface area contributed by atoms with Crippen molar-refractivity contribution in [3.8, 4) is 0 Å². The quantitative estimate of drug-likeness (QED) is 0.670. The lowest BCUT2D eigenvalue weighted by molar-refractivity contribution is -0.137. The molecule has 9 nitrogen and oxygen atoms in total. The first kappa shape index (κ1) is 15.9. The van der Waals surface area contributed by atoms with Gasteiger partial charge >= 0.3 is 12.0 Å². The molecule has 0 saturated carbocycles. The van der Waals surface area contributed by atoms with Gasteiger partial charge in [0.2, 0.25) is 0 Å². The zero-order valence-corrected chi connectivity index (χ0v) is 11.9. The van der Waals surface area contributed by atoms with Gasteiger partial charge in [0.1, 0.15) is 12.2 Å². The first-order chi connectivity index (χ1) is 9.38. The average molecular weight is 284 g/mol. The second-order valence-corrected chi connectivity index (χ2v) is 4.68. The minimum atomic E-state index is -0.992. The van der Waals surface area contributed by atoms with Gasteiger partial charge in [0.15, 0.2) is 0 Å². The number of aromatic nitrogens is 3. The summed E-state index contributed by atoms with van der Waals surface area (Å²) in [5.41, 5.74) is 0.514.